The lowest BCUT2D eigenvalue weighted by atomic mass is 10.0. The molecule has 6 heteroatoms. The second-order valence-electron chi connectivity index (χ2n) is 4.63. The highest BCUT2D eigenvalue weighted by Crippen LogP contribution is 2.30. The summed E-state index contributed by atoms with van der Waals surface area (Å²) in [5.74, 6) is 1.61. The molecular formula is C14H14BrN3O2. The molecule has 0 aliphatic carbocycles. The van der Waals surface area contributed by atoms with Crippen LogP contribution in [0.3, 0.4) is 0 Å². The van der Waals surface area contributed by atoms with E-state index in [1.807, 2.05) is 31.2 Å². The number of hydrogen-bond acceptors (Lipinski definition) is 3. The van der Waals surface area contributed by atoms with Gasteiger partial charge in [-0.2, -0.15) is 0 Å². The number of halogens is 1. The van der Waals surface area contributed by atoms with Crippen molar-refractivity contribution in [1.29, 1.82) is 0 Å². The molecule has 1 unspecified atom stereocenters. The van der Waals surface area contributed by atoms with Crippen molar-refractivity contribution in [2.45, 2.75) is 19.4 Å². The number of aryl methyl sites for hydroxylation is 1. The van der Waals surface area contributed by atoms with Crippen LogP contribution in [0.15, 0.2) is 37.9 Å². The van der Waals surface area contributed by atoms with Gasteiger partial charge in [0.25, 0.3) is 0 Å². The summed E-state index contributed by atoms with van der Waals surface area (Å²) in [7, 11) is 0. The Kier molecular flexibility index (Phi) is 3.27. The first-order chi connectivity index (χ1) is 9.58. The summed E-state index contributed by atoms with van der Waals surface area (Å²) in [5.41, 5.74) is 8.36. The third-order valence-electron chi connectivity index (χ3n) is 3.31. The first-order valence-electron chi connectivity index (χ1n) is 6.34. The van der Waals surface area contributed by atoms with Crippen molar-refractivity contribution in [2.24, 2.45) is 5.73 Å². The first kappa shape index (κ1) is 13.2. The smallest absolute Gasteiger partial charge is 0.323 e. The number of benzene rings is 1. The molecule has 2 heterocycles. The van der Waals surface area contributed by atoms with Crippen LogP contribution in [0.5, 0.6) is 0 Å². The lowest BCUT2D eigenvalue weighted by molar-refractivity contribution is 0.453. The SMILES string of the molecule is CCc1ccc(C(N)c2cc3[nH]c(=O)[nH]c3cc2Br)o1. The molecule has 2 aromatic heterocycles. The van der Waals surface area contributed by atoms with Crippen molar-refractivity contribution in [3.63, 3.8) is 0 Å². The Morgan fingerprint density at radius 1 is 1.30 bits per heavy atom. The van der Waals surface area contributed by atoms with Crippen LogP contribution in [0.4, 0.5) is 0 Å². The van der Waals surface area contributed by atoms with Crippen LogP contribution >= 0.6 is 15.9 Å². The largest absolute Gasteiger partial charge is 0.464 e. The number of furan rings is 1. The molecule has 4 N–H and O–H groups in total. The van der Waals surface area contributed by atoms with Gasteiger partial charge in [0.2, 0.25) is 0 Å². The van der Waals surface area contributed by atoms with Crippen LogP contribution in [-0.2, 0) is 6.42 Å². The first-order valence-corrected chi connectivity index (χ1v) is 7.13. The van der Waals surface area contributed by atoms with Crippen LogP contribution in [0, 0.1) is 0 Å². The fraction of sp³-hybridized carbons (Fsp3) is 0.214. The lowest BCUT2D eigenvalue weighted by Crippen LogP contribution is -2.11. The second-order valence-corrected chi connectivity index (χ2v) is 5.49. The number of nitrogens with one attached hydrogen (secondary N) is 2. The van der Waals surface area contributed by atoms with E-state index in [1.165, 1.54) is 0 Å². The maximum Gasteiger partial charge on any atom is 0.323 e. The summed E-state index contributed by atoms with van der Waals surface area (Å²) in [5, 5.41) is 0. The molecule has 0 aliphatic rings. The Bertz CT molecular complexity index is 815. The average molecular weight is 336 g/mol. The van der Waals surface area contributed by atoms with Gasteiger partial charge in [-0.05, 0) is 29.8 Å². The molecule has 0 saturated heterocycles. The minimum absolute atomic E-state index is 0.233. The van der Waals surface area contributed by atoms with E-state index in [9.17, 15) is 4.79 Å². The summed E-state index contributed by atoms with van der Waals surface area (Å²) in [6.45, 7) is 2.03. The van der Waals surface area contributed by atoms with E-state index in [1.54, 1.807) is 0 Å². The molecule has 5 nitrogen and oxygen atoms in total. The summed E-state index contributed by atoms with van der Waals surface area (Å²) >= 11 is 3.49. The molecule has 0 fully saturated rings. The predicted molar refractivity (Wildman–Crippen MR) is 80.7 cm³/mol. The van der Waals surface area contributed by atoms with Gasteiger partial charge in [-0.25, -0.2) is 4.79 Å². The Hall–Kier alpha value is -1.79. The highest BCUT2D eigenvalue weighted by molar-refractivity contribution is 9.10. The lowest BCUT2D eigenvalue weighted by Gasteiger charge is -2.11. The number of rotatable bonds is 3. The molecule has 0 aliphatic heterocycles. The maximum absolute atomic E-state index is 11.3. The third-order valence-corrected chi connectivity index (χ3v) is 3.99. The van der Waals surface area contributed by atoms with Gasteiger partial charge in [0.1, 0.15) is 11.5 Å². The van der Waals surface area contributed by atoms with Crippen LogP contribution in [0.1, 0.15) is 30.0 Å². The van der Waals surface area contributed by atoms with Crippen LogP contribution in [0.2, 0.25) is 0 Å². The van der Waals surface area contributed by atoms with Crippen LogP contribution in [0.25, 0.3) is 11.0 Å². The molecule has 1 aromatic carbocycles. The quantitative estimate of drug-likeness (QED) is 0.687. The Morgan fingerprint density at radius 3 is 2.65 bits per heavy atom. The summed E-state index contributed by atoms with van der Waals surface area (Å²) < 4.78 is 6.53. The fourth-order valence-electron chi connectivity index (χ4n) is 2.22. The van der Waals surface area contributed by atoms with E-state index in [-0.39, 0.29) is 11.7 Å². The van der Waals surface area contributed by atoms with Crippen molar-refractivity contribution < 1.29 is 4.42 Å². The molecule has 1 atom stereocenters. The number of hydrogen-bond donors (Lipinski definition) is 3. The standard InChI is InChI=1S/C14H14BrN3O2/c1-2-7-3-4-12(20-7)13(16)8-5-10-11(6-9(8)15)18-14(19)17-10/h3-6,13H,2,16H2,1H3,(H2,17,18,19). The van der Waals surface area contributed by atoms with Crippen LogP contribution < -0.4 is 11.4 Å². The number of nitrogens with two attached hydrogens (primary N) is 1. The van der Waals surface area contributed by atoms with Crippen molar-refractivity contribution in [3.8, 4) is 0 Å². The predicted octanol–water partition coefficient (Wildman–Crippen LogP) is 2.82. The topological polar surface area (TPSA) is 87.8 Å². The summed E-state index contributed by atoms with van der Waals surface area (Å²) in [6, 6.07) is 7.13. The van der Waals surface area contributed by atoms with Gasteiger partial charge in [0.15, 0.2) is 0 Å². The third kappa shape index (κ3) is 2.21. The molecule has 3 aromatic rings. The minimum Gasteiger partial charge on any atom is -0.464 e. The Balaban J connectivity index is 2.07. The fourth-order valence-corrected chi connectivity index (χ4v) is 2.81. The van der Waals surface area contributed by atoms with E-state index in [0.717, 1.165) is 33.3 Å². The number of imidazole rings is 1. The van der Waals surface area contributed by atoms with Gasteiger partial charge in [-0.1, -0.05) is 22.9 Å². The Morgan fingerprint density at radius 2 is 2.00 bits per heavy atom. The number of aromatic nitrogens is 2. The van der Waals surface area contributed by atoms with Crippen LogP contribution in [-0.4, -0.2) is 9.97 Å². The van der Waals surface area contributed by atoms with Crippen molar-refractivity contribution >= 4 is 27.0 Å². The molecule has 3 rings (SSSR count). The number of H-pyrrole nitrogens is 2. The molecule has 0 amide bonds. The van der Waals surface area contributed by atoms with Gasteiger partial charge < -0.3 is 20.1 Å². The highest BCUT2D eigenvalue weighted by Gasteiger charge is 2.17. The maximum atomic E-state index is 11.3. The average Bonchev–Trinajstić information content (AvgIpc) is 3.02. The summed E-state index contributed by atoms with van der Waals surface area (Å²) in [6.07, 6.45) is 0.831. The van der Waals surface area contributed by atoms with Gasteiger partial charge in [0, 0.05) is 10.9 Å². The van der Waals surface area contributed by atoms with E-state index in [4.69, 9.17) is 10.2 Å². The zero-order valence-corrected chi connectivity index (χ0v) is 12.5. The minimum atomic E-state index is -0.382. The number of aromatic amines is 2. The van der Waals surface area contributed by atoms with Crippen molar-refractivity contribution in [3.05, 3.63) is 56.3 Å². The molecule has 0 spiro atoms. The second kappa shape index (κ2) is 4.96. The van der Waals surface area contributed by atoms with E-state index in [2.05, 4.69) is 25.9 Å². The van der Waals surface area contributed by atoms with E-state index in [0.29, 0.717) is 5.76 Å². The molecule has 0 bridgehead atoms. The van der Waals surface area contributed by atoms with Gasteiger partial charge in [-0.3, -0.25) is 0 Å². The van der Waals surface area contributed by atoms with E-state index >= 15 is 0 Å². The molecule has 0 radical (unpaired) electrons. The number of fused-ring (bicyclic) bond motifs is 1. The van der Waals surface area contributed by atoms with Crippen molar-refractivity contribution in [1.82, 2.24) is 9.97 Å². The zero-order valence-electron chi connectivity index (χ0n) is 10.9. The van der Waals surface area contributed by atoms with Gasteiger partial charge >= 0.3 is 5.69 Å². The van der Waals surface area contributed by atoms with Gasteiger partial charge in [0.05, 0.1) is 17.1 Å². The van der Waals surface area contributed by atoms with Crippen molar-refractivity contribution in [2.75, 3.05) is 0 Å². The molecule has 0 saturated carbocycles. The normalized spacial score (nSPS) is 12.9. The molecule has 20 heavy (non-hydrogen) atoms. The van der Waals surface area contributed by atoms with Gasteiger partial charge in [-0.15, -0.1) is 0 Å². The summed E-state index contributed by atoms with van der Waals surface area (Å²) in [4.78, 5) is 16.8. The molecular weight excluding hydrogens is 322 g/mol. The highest BCUT2D eigenvalue weighted by atomic mass is 79.9. The Labute approximate surface area is 123 Å². The van der Waals surface area contributed by atoms with E-state index < -0.39 is 0 Å². The monoisotopic (exact) mass is 335 g/mol. The molecule has 104 valence electrons. The zero-order chi connectivity index (χ0) is 14.3.